The minimum Gasteiger partial charge on any atom is -0.310 e. The number of anilines is 3. The third-order valence-electron chi connectivity index (χ3n) is 12.1. The summed E-state index contributed by atoms with van der Waals surface area (Å²) in [7, 11) is 0. The molecule has 0 N–H and O–H groups in total. The van der Waals surface area contributed by atoms with Gasteiger partial charge in [-0.25, -0.2) is 0 Å². The summed E-state index contributed by atoms with van der Waals surface area (Å²) in [6.07, 6.45) is 0. The summed E-state index contributed by atoms with van der Waals surface area (Å²) in [6, 6.07) is 70.3. The molecule has 2 aliphatic carbocycles. The van der Waals surface area contributed by atoms with Crippen molar-refractivity contribution >= 4 is 48.6 Å². The van der Waals surface area contributed by atoms with Crippen LogP contribution in [0.2, 0.25) is 0 Å². The Labute approximate surface area is 320 Å². The third-order valence-corrected chi connectivity index (χ3v) is 13.3. The first-order valence-electron chi connectivity index (χ1n) is 18.9. The van der Waals surface area contributed by atoms with Gasteiger partial charge in [0.2, 0.25) is 0 Å². The first-order chi connectivity index (χ1) is 26.5. The molecule has 0 saturated heterocycles. The van der Waals surface area contributed by atoms with E-state index in [1.807, 2.05) is 11.3 Å². The van der Waals surface area contributed by atoms with Gasteiger partial charge in [0.15, 0.2) is 0 Å². The monoisotopic (exact) mass is 707 g/mol. The van der Waals surface area contributed by atoms with Crippen molar-refractivity contribution in [1.82, 2.24) is 0 Å². The molecule has 54 heavy (non-hydrogen) atoms. The fourth-order valence-electron chi connectivity index (χ4n) is 9.77. The van der Waals surface area contributed by atoms with Crippen LogP contribution >= 0.6 is 11.3 Å². The summed E-state index contributed by atoms with van der Waals surface area (Å²) >= 11 is 1.87. The summed E-state index contributed by atoms with van der Waals surface area (Å²) in [4.78, 5) is 2.53. The summed E-state index contributed by atoms with van der Waals surface area (Å²) in [5.74, 6) is 0. The Morgan fingerprint density at radius 1 is 0.407 bits per heavy atom. The van der Waals surface area contributed by atoms with Crippen molar-refractivity contribution in [3.05, 3.63) is 221 Å². The molecular formula is C52H37NS. The van der Waals surface area contributed by atoms with Gasteiger partial charge in [-0.2, -0.15) is 0 Å². The molecular weight excluding hydrogens is 671 g/mol. The van der Waals surface area contributed by atoms with E-state index in [4.69, 9.17) is 0 Å². The van der Waals surface area contributed by atoms with E-state index in [2.05, 4.69) is 207 Å². The molecule has 11 rings (SSSR count). The first kappa shape index (κ1) is 31.3. The number of nitrogens with zero attached hydrogens (tertiary/aromatic N) is 1. The molecule has 2 aliphatic rings. The predicted molar refractivity (Wildman–Crippen MR) is 229 cm³/mol. The highest BCUT2D eigenvalue weighted by molar-refractivity contribution is 7.25. The Kier molecular flexibility index (Phi) is 6.75. The Morgan fingerprint density at radius 2 is 0.981 bits per heavy atom. The van der Waals surface area contributed by atoms with E-state index in [0.717, 1.165) is 11.4 Å². The van der Waals surface area contributed by atoms with Crippen molar-refractivity contribution in [2.24, 2.45) is 0 Å². The molecule has 1 aromatic heterocycles. The topological polar surface area (TPSA) is 3.24 Å². The van der Waals surface area contributed by atoms with Gasteiger partial charge in [0.05, 0.1) is 11.1 Å². The average Bonchev–Trinajstić information content (AvgIpc) is 3.83. The third kappa shape index (κ3) is 4.26. The normalized spacial score (nSPS) is 14.4. The van der Waals surface area contributed by atoms with E-state index in [1.165, 1.54) is 81.5 Å². The molecule has 1 nitrogen and oxygen atoms in total. The second-order valence-electron chi connectivity index (χ2n) is 15.2. The Bertz CT molecular complexity index is 2880. The average molecular weight is 708 g/mol. The molecule has 0 radical (unpaired) electrons. The second kappa shape index (κ2) is 11.6. The van der Waals surface area contributed by atoms with Gasteiger partial charge in [-0.05, 0) is 92.5 Å². The SMILES string of the molecule is CC1(C)c2ccccc2-c2c(N(c3ccc4c(c3)C(c3ccccc3)(c3ccccc3)c3ccccc3-4)c3ccc4sc5ccccc5c4c3)cccc21. The molecule has 0 bridgehead atoms. The number of benzene rings is 8. The van der Waals surface area contributed by atoms with E-state index in [9.17, 15) is 0 Å². The van der Waals surface area contributed by atoms with Gasteiger partial charge in [0, 0.05) is 42.5 Å². The van der Waals surface area contributed by atoms with Gasteiger partial charge in [-0.15, -0.1) is 11.3 Å². The van der Waals surface area contributed by atoms with Crippen LogP contribution in [0.4, 0.5) is 17.1 Å². The summed E-state index contributed by atoms with van der Waals surface area (Å²) < 4.78 is 2.62. The van der Waals surface area contributed by atoms with Crippen molar-refractivity contribution in [2.45, 2.75) is 24.7 Å². The van der Waals surface area contributed by atoms with Gasteiger partial charge < -0.3 is 4.90 Å². The lowest BCUT2D eigenvalue weighted by Gasteiger charge is -2.35. The van der Waals surface area contributed by atoms with Gasteiger partial charge in [-0.3, -0.25) is 0 Å². The standard InChI is InChI=1S/C52H37NS/c1-51(2)43-23-12-10-22-41(43)50-45(51)25-15-26-47(50)53(36-29-31-49-42(32-36)40-21-11-14-27-48(40)54-49)37-28-30-39-38-20-9-13-24-44(38)52(46(39)33-37,34-16-5-3-6-17-34)35-18-7-4-8-19-35/h3-33H,1-2H3. The van der Waals surface area contributed by atoms with Crippen LogP contribution in [0.25, 0.3) is 42.4 Å². The lowest BCUT2D eigenvalue weighted by molar-refractivity contribution is 0.660. The van der Waals surface area contributed by atoms with Crippen LogP contribution in [-0.2, 0) is 10.8 Å². The Balaban J connectivity index is 1.23. The van der Waals surface area contributed by atoms with Crippen LogP contribution in [0.5, 0.6) is 0 Å². The molecule has 256 valence electrons. The zero-order chi connectivity index (χ0) is 36.0. The number of hydrogen-bond donors (Lipinski definition) is 0. The van der Waals surface area contributed by atoms with E-state index >= 15 is 0 Å². The highest BCUT2D eigenvalue weighted by atomic mass is 32.1. The van der Waals surface area contributed by atoms with Gasteiger partial charge >= 0.3 is 0 Å². The highest BCUT2D eigenvalue weighted by Gasteiger charge is 2.46. The van der Waals surface area contributed by atoms with Gasteiger partial charge in [-0.1, -0.05) is 159 Å². The zero-order valence-electron chi connectivity index (χ0n) is 30.3. The Hall–Kier alpha value is -6.22. The summed E-state index contributed by atoms with van der Waals surface area (Å²) in [5, 5.41) is 2.60. The molecule has 2 heteroatoms. The van der Waals surface area contributed by atoms with Crippen molar-refractivity contribution in [3.63, 3.8) is 0 Å². The van der Waals surface area contributed by atoms with Crippen LogP contribution in [0.3, 0.4) is 0 Å². The zero-order valence-corrected chi connectivity index (χ0v) is 31.1. The molecule has 0 spiro atoms. The van der Waals surface area contributed by atoms with Crippen LogP contribution in [0.15, 0.2) is 188 Å². The van der Waals surface area contributed by atoms with Gasteiger partial charge in [0.1, 0.15) is 0 Å². The van der Waals surface area contributed by atoms with Crippen LogP contribution in [0, 0.1) is 0 Å². The minimum absolute atomic E-state index is 0.115. The summed E-state index contributed by atoms with van der Waals surface area (Å²) in [5.41, 5.74) is 16.0. The first-order valence-corrected chi connectivity index (χ1v) is 19.7. The number of hydrogen-bond acceptors (Lipinski definition) is 2. The summed E-state index contributed by atoms with van der Waals surface area (Å²) in [6.45, 7) is 4.74. The van der Waals surface area contributed by atoms with Crippen molar-refractivity contribution < 1.29 is 0 Å². The largest absolute Gasteiger partial charge is 0.310 e. The number of fused-ring (bicyclic) bond motifs is 9. The van der Waals surface area contributed by atoms with E-state index in [0.29, 0.717) is 0 Å². The van der Waals surface area contributed by atoms with Crippen LogP contribution in [-0.4, -0.2) is 0 Å². The Morgan fingerprint density at radius 3 is 1.76 bits per heavy atom. The lowest BCUT2D eigenvalue weighted by Crippen LogP contribution is -2.28. The maximum absolute atomic E-state index is 2.53. The molecule has 0 saturated carbocycles. The highest BCUT2D eigenvalue weighted by Crippen LogP contribution is 2.59. The number of thiophene rings is 1. The number of rotatable bonds is 5. The van der Waals surface area contributed by atoms with Gasteiger partial charge in [0.25, 0.3) is 0 Å². The predicted octanol–water partition coefficient (Wildman–Crippen LogP) is 14.2. The minimum atomic E-state index is -0.489. The maximum Gasteiger partial charge on any atom is 0.0714 e. The molecule has 8 aromatic carbocycles. The van der Waals surface area contributed by atoms with Crippen molar-refractivity contribution in [2.75, 3.05) is 4.90 Å². The molecule has 0 atom stereocenters. The van der Waals surface area contributed by atoms with Crippen molar-refractivity contribution in [1.29, 1.82) is 0 Å². The molecule has 0 amide bonds. The van der Waals surface area contributed by atoms with E-state index < -0.39 is 5.41 Å². The van der Waals surface area contributed by atoms with Crippen LogP contribution in [0.1, 0.15) is 47.2 Å². The smallest absolute Gasteiger partial charge is 0.0714 e. The maximum atomic E-state index is 2.53. The molecule has 0 aliphatic heterocycles. The fourth-order valence-corrected chi connectivity index (χ4v) is 10.9. The quantitative estimate of drug-likeness (QED) is 0.172. The van der Waals surface area contributed by atoms with Crippen molar-refractivity contribution in [3.8, 4) is 22.3 Å². The fraction of sp³-hybridized carbons (Fsp3) is 0.0769. The molecule has 1 heterocycles. The van der Waals surface area contributed by atoms with Crippen LogP contribution < -0.4 is 4.90 Å². The molecule has 9 aromatic rings. The van der Waals surface area contributed by atoms with E-state index in [-0.39, 0.29) is 5.41 Å². The second-order valence-corrected chi connectivity index (χ2v) is 16.3. The lowest BCUT2D eigenvalue weighted by atomic mass is 9.67. The molecule has 0 fully saturated rings. The van der Waals surface area contributed by atoms with E-state index in [1.54, 1.807) is 0 Å². The molecule has 0 unspecified atom stereocenters.